The van der Waals surface area contributed by atoms with Crippen LogP contribution >= 0.6 is 0 Å². The second-order valence-corrected chi connectivity index (χ2v) is 5.40. The fourth-order valence-corrected chi connectivity index (χ4v) is 3.19. The minimum atomic E-state index is 0.980. The molecule has 0 radical (unpaired) electrons. The van der Waals surface area contributed by atoms with Gasteiger partial charge in [-0.25, -0.2) is 9.97 Å². The molecule has 0 saturated heterocycles. The van der Waals surface area contributed by atoms with Crippen LogP contribution in [0.1, 0.15) is 0 Å². The van der Waals surface area contributed by atoms with Gasteiger partial charge in [-0.15, -0.1) is 0 Å². The normalized spacial score (nSPS) is 11.6. The molecule has 0 unspecified atom stereocenters. The summed E-state index contributed by atoms with van der Waals surface area (Å²) in [5, 5.41) is 4.60. The third-order valence-corrected chi connectivity index (χ3v) is 4.18. The summed E-state index contributed by atoms with van der Waals surface area (Å²) in [6.07, 6.45) is 3.56. The van der Waals surface area contributed by atoms with Gasteiger partial charge in [0.2, 0.25) is 0 Å². The van der Waals surface area contributed by atoms with Gasteiger partial charge in [0, 0.05) is 33.3 Å². The van der Waals surface area contributed by atoms with E-state index in [-0.39, 0.29) is 0 Å². The lowest BCUT2D eigenvalue weighted by atomic mass is 9.96. The largest absolute Gasteiger partial charge is 0.255 e. The number of rotatable bonds is 1. The Labute approximate surface area is 126 Å². The molecule has 0 fully saturated rings. The van der Waals surface area contributed by atoms with E-state index in [0.29, 0.717) is 0 Å². The lowest BCUT2D eigenvalue weighted by Crippen LogP contribution is -1.92. The first-order chi connectivity index (χ1) is 10.9. The van der Waals surface area contributed by atoms with Gasteiger partial charge in [-0.1, -0.05) is 36.4 Å². The summed E-state index contributed by atoms with van der Waals surface area (Å²) in [5.74, 6) is 0. The molecule has 0 aliphatic rings. The Morgan fingerprint density at radius 3 is 2.23 bits per heavy atom. The van der Waals surface area contributed by atoms with Gasteiger partial charge in [0.25, 0.3) is 0 Å². The van der Waals surface area contributed by atoms with Crippen molar-refractivity contribution in [1.82, 2.24) is 15.0 Å². The maximum atomic E-state index is 4.69. The van der Waals surface area contributed by atoms with Crippen molar-refractivity contribution >= 4 is 32.6 Å². The molecule has 102 valence electrons. The summed E-state index contributed by atoms with van der Waals surface area (Å²) < 4.78 is 0. The van der Waals surface area contributed by atoms with Gasteiger partial charge in [0.05, 0.1) is 16.7 Å². The Balaban J connectivity index is 2.02. The summed E-state index contributed by atoms with van der Waals surface area (Å²) in [6.45, 7) is 0. The molecule has 0 aliphatic heterocycles. The summed E-state index contributed by atoms with van der Waals surface area (Å²) in [7, 11) is 0. The zero-order valence-electron chi connectivity index (χ0n) is 11.7. The van der Waals surface area contributed by atoms with Crippen molar-refractivity contribution < 1.29 is 0 Å². The Morgan fingerprint density at radius 2 is 1.41 bits per heavy atom. The van der Waals surface area contributed by atoms with E-state index in [2.05, 4.69) is 40.3 Å². The summed E-state index contributed by atoms with van der Waals surface area (Å²) >= 11 is 0. The van der Waals surface area contributed by atoms with E-state index >= 15 is 0 Å². The zero-order valence-corrected chi connectivity index (χ0v) is 11.7. The van der Waals surface area contributed by atoms with Crippen LogP contribution in [0.25, 0.3) is 43.8 Å². The summed E-state index contributed by atoms with van der Waals surface area (Å²) in [4.78, 5) is 13.5. The van der Waals surface area contributed by atoms with E-state index in [0.717, 1.165) is 38.4 Å². The van der Waals surface area contributed by atoms with Gasteiger partial charge in [0.1, 0.15) is 6.33 Å². The number of hydrogen-bond acceptors (Lipinski definition) is 3. The van der Waals surface area contributed by atoms with Crippen molar-refractivity contribution in [3.05, 3.63) is 67.1 Å². The monoisotopic (exact) mass is 281 g/mol. The maximum absolute atomic E-state index is 4.69. The number of aromatic nitrogens is 3. The fraction of sp³-hybridized carbons (Fsp3) is 0. The summed E-state index contributed by atoms with van der Waals surface area (Å²) in [5.41, 5.74) is 4.09. The van der Waals surface area contributed by atoms with Crippen molar-refractivity contribution in [3.8, 4) is 11.3 Å². The van der Waals surface area contributed by atoms with Crippen LogP contribution in [-0.2, 0) is 0 Å². The number of hydrogen-bond donors (Lipinski definition) is 0. The van der Waals surface area contributed by atoms with Crippen LogP contribution in [0.4, 0.5) is 0 Å². The van der Waals surface area contributed by atoms with Crippen molar-refractivity contribution in [3.63, 3.8) is 0 Å². The Bertz CT molecular complexity index is 1100. The van der Waals surface area contributed by atoms with E-state index < -0.39 is 0 Å². The van der Waals surface area contributed by atoms with Gasteiger partial charge < -0.3 is 0 Å². The van der Waals surface area contributed by atoms with Crippen LogP contribution in [0.15, 0.2) is 67.1 Å². The smallest absolute Gasteiger partial charge is 0.116 e. The molecule has 0 spiro atoms. The highest BCUT2D eigenvalue weighted by Gasteiger charge is 2.13. The highest BCUT2D eigenvalue weighted by Crippen LogP contribution is 2.36. The third-order valence-electron chi connectivity index (χ3n) is 4.18. The molecule has 2 aromatic heterocycles. The molecule has 3 aromatic carbocycles. The first kappa shape index (κ1) is 11.6. The quantitative estimate of drug-likeness (QED) is 0.426. The molecule has 2 heterocycles. The van der Waals surface area contributed by atoms with Crippen molar-refractivity contribution in [2.24, 2.45) is 0 Å². The van der Waals surface area contributed by atoms with E-state index in [1.807, 2.05) is 30.5 Å². The first-order valence-corrected chi connectivity index (χ1v) is 7.22. The molecule has 0 amide bonds. The average Bonchev–Trinajstić information content (AvgIpc) is 2.60. The van der Waals surface area contributed by atoms with Crippen LogP contribution < -0.4 is 0 Å². The second-order valence-electron chi connectivity index (χ2n) is 5.40. The molecular formula is C19H11N3. The average molecular weight is 281 g/mol. The van der Waals surface area contributed by atoms with Gasteiger partial charge in [-0.3, -0.25) is 4.98 Å². The fourth-order valence-electron chi connectivity index (χ4n) is 3.19. The molecule has 22 heavy (non-hydrogen) atoms. The van der Waals surface area contributed by atoms with Crippen LogP contribution in [0.5, 0.6) is 0 Å². The Kier molecular flexibility index (Phi) is 2.22. The van der Waals surface area contributed by atoms with Crippen LogP contribution in [-0.4, -0.2) is 15.0 Å². The molecule has 0 saturated carbocycles. The lowest BCUT2D eigenvalue weighted by Gasteiger charge is -2.12. The third kappa shape index (κ3) is 1.48. The number of pyridine rings is 1. The predicted octanol–water partition coefficient (Wildman–Crippen LogP) is 4.44. The molecule has 0 aliphatic carbocycles. The van der Waals surface area contributed by atoms with E-state index in [9.17, 15) is 0 Å². The van der Waals surface area contributed by atoms with Crippen molar-refractivity contribution in [1.29, 1.82) is 0 Å². The Morgan fingerprint density at radius 1 is 0.636 bits per heavy atom. The van der Waals surface area contributed by atoms with Crippen molar-refractivity contribution in [2.75, 3.05) is 0 Å². The van der Waals surface area contributed by atoms with Gasteiger partial charge >= 0.3 is 0 Å². The molecule has 0 bridgehead atoms. The predicted molar refractivity (Wildman–Crippen MR) is 89.0 cm³/mol. The molecule has 5 aromatic rings. The first-order valence-electron chi connectivity index (χ1n) is 7.22. The lowest BCUT2D eigenvalue weighted by molar-refractivity contribution is 1.26. The van der Waals surface area contributed by atoms with Crippen LogP contribution in [0.3, 0.4) is 0 Å². The van der Waals surface area contributed by atoms with Gasteiger partial charge in [0.15, 0.2) is 0 Å². The molecule has 3 heteroatoms. The SMILES string of the molecule is c1ccc(-c2ncc3ccc4ncnc5ccc2c3c45)cc1. The zero-order chi connectivity index (χ0) is 14.5. The summed E-state index contributed by atoms with van der Waals surface area (Å²) in [6, 6.07) is 18.6. The molecule has 0 atom stereocenters. The molecule has 0 N–H and O–H groups in total. The van der Waals surface area contributed by atoms with E-state index in [1.54, 1.807) is 6.33 Å². The minimum Gasteiger partial charge on any atom is -0.255 e. The van der Waals surface area contributed by atoms with Crippen molar-refractivity contribution in [2.45, 2.75) is 0 Å². The minimum absolute atomic E-state index is 0.980. The highest BCUT2D eigenvalue weighted by atomic mass is 14.8. The maximum Gasteiger partial charge on any atom is 0.116 e. The number of nitrogens with zero attached hydrogens (tertiary/aromatic N) is 3. The van der Waals surface area contributed by atoms with E-state index in [4.69, 9.17) is 4.98 Å². The molecule has 5 rings (SSSR count). The Hall–Kier alpha value is -3.07. The topological polar surface area (TPSA) is 38.7 Å². The highest BCUT2D eigenvalue weighted by molar-refractivity contribution is 6.23. The van der Waals surface area contributed by atoms with Crippen LogP contribution in [0, 0.1) is 0 Å². The van der Waals surface area contributed by atoms with Gasteiger partial charge in [-0.2, -0.15) is 0 Å². The standard InChI is InChI=1S/C19H11N3/c1-2-4-12(5-3-1)19-14-7-9-16-18-15(21-11-22-16)8-6-13(10-20-19)17(14)18/h1-11H. The van der Waals surface area contributed by atoms with Gasteiger partial charge in [-0.05, 0) is 18.2 Å². The molecular weight excluding hydrogens is 270 g/mol. The number of benzene rings is 3. The second kappa shape index (κ2) is 4.21. The van der Waals surface area contributed by atoms with Crippen LogP contribution in [0.2, 0.25) is 0 Å². The van der Waals surface area contributed by atoms with E-state index in [1.165, 1.54) is 5.39 Å². The molecule has 3 nitrogen and oxygen atoms in total.